The van der Waals surface area contributed by atoms with E-state index in [0.717, 1.165) is 25.9 Å². The lowest BCUT2D eigenvalue weighted by Crippen LogP contribution is -2.43. The van der Waals surface area contributed by atoms with E-state index >= 15 is 0 Å². The largest absolute Gasteiger partial charge is 0.317 e. The van der Waals surface area contributed by atoms with Crippen molar-refractivity contribution < 1.29 is 8.42 Å². The topological polar surface area (TPSA) is 84.0 Å². The van der Waals surface area contributed by atoms with Gasteiger partial charge in [-0.1, -0.05) is 0 Å². The minimum atomic E-state index is -3.56. The highest BCUT2D eigenvalue weighted by Crippen LogP contribution is 2.07. The van der Waals surface area contributed by atoms with E-state index in [-0.39, 0.29) is 11.2 Å². The van der Waals surface area contributed by atoms with Gasteiger partial charge in [-0.3, -0.25) is 0 Å². The Morgan fingerprint density at radius 1 is 1.25 bits per heavy atom. The van der Waals surface area contributed by atoms with Gasteiger partial charge in [-0.25, -0.2) is 23.1 Å². The number of sulfonamides is 1. The van der Waals surface area contributed by atoms with Gasteiger partial charge in [0.05, 0.1) is 0 Å². The summed E-state index contributed by atoms with van der Waals surface area (Å²) in [4.78, 5) is 7.48. The van der Waals surface area contributed by atoms with Crippen molar-refractivity contribution in [3.05, 3.63) is 18.5 Å². The minimum absolute atomic E-state index is 0.0185. The first-order chi connectivity index (χ1) is 7.68. The van der Waals surface area contributed by atoms with Gasteiger partial charge in [-0.05, 0) is 32.0 Å². The highest BCUT2D eigenvalue weighted by Gasteiger charge is 2.23. The lowest BCUT2D eigenvalue weighted by molar-refractivity contribution is 0.425. The molecule has 7 heteroatoms. The molecule has 0 radical (unpaired) electrons. The molecule has 0 aromatic carbocycles. The molecule has 2 heterocycles. The van der Waals surface area contributed by atoms with Crippen molar-refractivity contribution in [1.82, 2.24) is 20.0 Å². The van der Waals surface area contributed by atoms with E-state index in [2.05, 4.69) is 20.0 Å². The molecule has 1 aliphatic rings. The normalized spacial score (nSPS) is 18.5. The van der Waals surface area contributed by atoms with Gasteiger partial charge < -0.3 is 5.32 Å². The van der Waals surface area contributed by atoms with Crippen LogP contribution in [0.25, 0.3) is 0 Å². The van der Waals surface area contributed by atoms with E-state index < -0.39 is 10.0 Å². The molecule has 1 saturated heterocycles. The molecule has 2 rings (SSSR count). The maximum Gasteiger partial charge on any atom is 0.276 e. The van der Waals surface area contributed by atoms with E-state index in [1.165, 1.54) is 12.4 Å². The smallest absolute Gasteiger partial charge is 0.276 e. The third-order valence-corrected chi connectivity index (χ3v) is 3.78. The third kappa shape index (κ3) is 2.75. The Hall–Kier alpha value is -1.05. The minimum Gasteiger partial charge on any atom is -0.317 e. The summed E-state index contributed by atoms with van der Waals surface area (Å²) in [6.45, 7) is 1.67. The number of hydrogen-bond acceptors (Lipinski definition) is 5. The molecule has 16 heavy (non-hydrogen) atoms. The summed E-state index contributed by atoms with van der Waals surface area (Å²) in [6.07, 6.45) is 4.44. The molecule has 0 unspecified atom stereocenters. The number of nitrogens with zero attached hydrogens (tertiary/aromatic N) is 2. The van der Waals surface area contributed by atoms with Crippen molar-refractivity contribution >= 4 is 10.0 Å². The maximum absolute atomic E-state index is 11.8. The molecule has 6 nitrogen and oxygen atoms in total. The Morgan fingerprint density at radius 3 is 2.50 bits per heavy atom. The van der Waals surface area contributed by atoms with Crippen LogP contribution >= 0.6 is 0 Å². The van der Waals surface area contributed by atoms with Gasteiger partial charge in [-0.2, -0.15) is 0 Å². The molecule has 1 aromatic rings. The van der Waals surface area contributed by atoms with Crippen molar-refractivity contribution in [2.45, 2.75) is 24.0 Å². The molecule has 0 atom stereocenters. The monoisotopic (exact) mass is 242 g/mol. The van der Waals surface area contributed by atoms with Gasteiger partial charge in [0.2, 0.25) is 0 Å². The van der Waals surface area contributed by atoms with Crippen LogP contribution in [0.4, 0.5) is 0 Å². The third-order valence-electron chi connectivity index (χ3n) is 2.44. The summed E-state index contributed by atoms with van der Waals surface area (Å²) in [5.41, 5.74) is 0. The molecular formula is C9H14N4O2S. The van der Waals surface area contributed by atoms with Crippen molar-refractivity contribution in [2.24, 2.45) is 0 Å². The fraction of sp³-hybridized carbons (Fsp3) is 0.556. The van der Waals surface area contributed by atoms with Crippen molar-refractivity contribution in [2.75, 3.05) is 13.1 Å². The Labute approximate surface area is 94.6 Å². The molecule has 0 spiro atoms. The number of rotatable bonds is 3. The number of hydrogen-bond donors (Lipinski definition) is 2. The summed E-state index contributed by atoms with van der Waals surface area (Å²) < 4.78 is 26.3. The predicted octanol–water partition coefficient (Wildman–Crippen LogP) is -0.493. The second-order valence-corrected chi connectivity index (χ2v) is 5.28. The average Bonchev–Trinajstić information content (AvgIpc) is 2.31. The van der Waals surface area contributed by atoms with Crippen LogP contribution in [0.3, 0.4) is 0 Å². The van der Waals surface area contributed by atoms with E-state index in [9.17, 15) is 8.42 Å². The molecule has 2 N–H and O–H groups in total. The highest BCUT2D eigenvalue weighted by atomic mass is 32.2. The lowest BCUT2D eigenvalue weighted by Gasteiger charge is -2.22. The van der Waals surface area contributed by atoms with E-state index in [1.807, 2.05) is 0 Å². The predicted molar refractivity (Wildman–Crippen MR) is 58.2 cm³/mol. The molecule has 1 fully saturated rings. The Kier molecular flexibility index (Phi) is 3.47. The zero-order valence-corrected chi connectivity index (χ0v) is 9.57. The zero-order valence-electron chi connectivity index (χ0n) is 8.76. The van der Waals surface area contributed by atoms with Crippen molar-refractivity contribution in [1.29, 1.82) is 0 Å². The van der Waals surface area contributed by atoms with Gasteiger partial charge >= 0.3 is 0 Å². The zero-order chi connectivity index (χ0) is 11.4. The van der Waals surface area contributed by atoms with Gasteiger partial charge in [0.15, 0.2) is 0 Å². The van der Waals surface area contributed by atoms with Crippen molar-refractivity contribution in [3.63, 3.8) is 0 Å². The molecule has 88 valence electrons. The summed E-state index contributed by atoms with van der Waals surface area (Å²) in [5, 5.41) is 3.02. The highest BCUT2D eigenvalue weighted by molar-refractivity contribution is 7.89. The second-order valence-electron chi connectivity index (χ2n) is 3.68. The van der Waals surface area contributed by atoms with Gasteiger partial charge in [0, 0.05) is 18.4 Å². The van der Waals surface area contributed by atoms with Crippen LogP contribution in [0.15, 0.2) is 23.6 Å². The lowest BCUT2D eigenvalue weighted by atomic mass is 10.1. The van der Waals surface area contributed by atoms with E-state index in [1.54, 1.807) is 6.07 Å². The molecule has 1 aliphatic heterocycles. The fourth-order valence-corrected chi connectivity index (χ4v) is 2.82. The Balaban J connectivity index is 2.08. The van der Waals surface area contributed by atoms with Crippen LogP contribution in [-0.4, -0.2) is 37.5 Å². The number of piperidine rings is 1. The molecule has 1 aromatic heterocycles. The molecule has 0 aliphatic carbocycles. The van der Waals surface area contributed by atoms with Gasteiger partial charge in [-0.15, -0.1) is 0 Å². The maximum atomic E-state index is 11.8. The van der Waals surface area contributed by atoms with Crippen LogP contribution in [0, 0.1) is 0 Å². The fourth-order valence-electron chi connectivity index (χ4n) is 1.64. The van der Waals surface area contributed by atoms with Crippen LogP contribution < -0.4 is 10.0 Å². The summed E-state index contributed by atoms with van der Waals surface area (Å²) in [6, 6.07) is 1.57. The van der Waals surface area contributed by atoms with E-state index in [0.29, 0.717) is 0 Å². The molecule has 0 bridgehead atoms. The SMILES string of the molecule is O=S(=O)(NC1CCNCC1)c1ncccn1. The first-order valence-corrected chi connectivity index (χ1v) is 6.67. The Bertz CT molecular complexity index is 428. The van der Waals surface area contributed by atoms with E-state index in [4.69, 9.17) is 0 Å². The van der Waals surface area contributed by atoms with Crippen LogP contribution in [0.5, 0.6) is 0 Å². The van der Waals surface area contributed by atoms with Gasteiger partial charge in [0.25, 0.3) is 15.2 Å². The molecule has 0 amide bonds. The van der Waals surface area contributed by atoms with Crippen molar-refractivity contribution in [3.8, 4) is 0 Å². The molecule has 0 saturated carbocycles. The summed E-state index contributed by atoms with van der Waals surface area (Å²) >= 11 is 0. The summed E-state index contributed by atoms with van der Waals surface area (Å²) in [7, 11) is -3.56. The molecular weight excluding hydrogens is 228 g/mol. The van der Waals surface area contributed by atoms with Gasteiger partial charge in [0.1, 0.15) is 0 Å². The van der Waals surface area contributed by atoms with Crippen LogP contribution in [-0.2, 0) is 10.0 Å². The second kappa shape index (κ2) is 4.86. The number of aromatic nitrogens is 2. The first kappa shape index (κ1) is 11.4. The average molecular weight is 242 g/mol. The summed E-state index contributed by atoms with van der Waals surface area (Å²) in [5.74, 6) is 0. The Morgan fingerprint density at radius 2 is 1.88 bits per heavy atom. The van der Waals surface area contributed by atoms with Crippen LogP contribution in [0.2, 0.25) is 0 Å². The quantitative estimate of drug-likeness (QED) is 0.699. The van der Waals surface area contributed by atoms with Crippen LogP contribution in [0.1, 0.15) is 12.8 Å². The first-order valence-electron chi connectivity index (χ1n) is 5.18. The number of nitrogens with one attached hydrogen (secondary N) is 2. The standard InChI is InChI=1S/C9H14N4O2S/c14-16(15,9-11-4-1-5-12-9)13-8-2-6-10-7-3-8/h1,4-5,8,10,13H,2-3,6-7H2.